The largest absolute Gasteiger partial charge is 0.496 e. The molecule has 0 saturated heterocycles. The Morgan fingerprint density at radius 3 is 2.59 bits per heavy atom. The van der Waals surface area contributed by atoms with Gasteiger partial charge in [-0.1, -0.05) is 26.0 Å². The molecule has 0 bridgehead atoms. The molecule has 2 rings (SSSR count). The summed E-state index contributed by atoms with van der Waals surface area (Å²) in [5, 5.41) is 0. The Morgan fingerprint density at radius 2 is 2.12 bits per heavy atom. The summed E-state index contributed by atoms with van der Waals surface area (Å²) in [6, 6.07) is 6.25. The van der Waals surface area contributed by atoms with Crippen molar-refractivity contribution in [1.29, 1.82) is 0 Å². The zero-order valence-corrected chi connectivity index (χ0v) is 10.8. The minimum Gasteiger partial charge on any atom is -0.496 e. The number of benzene rings is 1. The third-order valence-corrected chi connectivity index (χ3v) is 3.46. The van der Waals surface area contributed by atoms with E-state index in [4.69, 9.17) is 4.74 Å². The Balaban J connectivity index is 2.37. The van der Waals surface area contributed by atoms with Crippen molar-refractivity contribution in [2.75, 3.05) is 7.11 Å². The Hall–Kier alpha value is -1.31. The lowest BCUT2D eigenvalue weighted by molar-refractivity contribution is -0.109. The summed E-state index contributed by atoms with van der Waals surface area (Å²) in [5.74, 6) is 1.48. The van der Waals surface area contributed by atoms with E-state index >= 15 is 0 Å². The topological polar surface area (TPSA) is 26.3 Å². The van der Waals surface area contributed by atoms with Crippen LogP contribution in [0.3, 0.4) is 0 Å². The minimum atomic E-state index is -0.252. The summed E-state index contributed by atoms with van der Waals surface area (Å²) in [6.45, 7) is 4.41. The van der Waals surface area contributed by atoms with Crippen molar-refractivity contribution in [3.05, 3.63) is 29.3 Å². The van der Waals surface area contributed by atoms with E-state index in [0.717, 1.165) is 36.9 Å². The highest BCUT2D eigenvalue weighted by molar-refractivity contribution is 5.75. The Bertz CT molecular complexity index is 417. The molecule has 1 saturated carbocycles. The molecule has 1 aromatic carbocycles. The molecule has 17 heavy (non-hydrogen) atoms. The maximum atomic E-state index is 11.2. The molecule has 1 aliphatic rings. The molecule has 1 fully saturated rings. The molecule has 0 radical (unpaired) electrons. The molecule has 0 amide bonds. The smallest absolute Gasteiger partial charge is 0.130 e. The van der Waals surface area contributed by atoms with Crippen LogP contribution in [0.25, 0.3) is 0 Å². The van der Waals surface area contributed by atoms with Gasteiger partial charge in [0.25, 0.3) is 0 Å². The second kappa shape index (κ2) is 4.52. The van der Waals surface area contributed by atoms with E-state index in [1.807, 2.05) is 6.07 Å². The summed E-state index contributed by atoms with van der Waals surface area (Å²) in [4.78, 5) is 11.2. The van der Waals surface area contributed by atoms with E-state index < -0.39 is 0 Å². The van der Waals surface area contributed by atoms with Gasteiger partial charge in [0, 0.05) is 5.56 Å². The maximum absolute atomic E-state index is 11.2. The zero-order chi connectivity index (χ0) is 12.5. The molecule has 2 nitrogen and oxygen atoms in total. The normalized spacial score (nSPS) is 16.9. The molecule has 0 aliphatic heterocycles. The second-order valence-corrected chi connectivity index (χ2v) is 5.41. The number of ether oxygens (including phenoxy) is 1. The van der Waals surface area contributed by atoms with Crippen molar-refractivity contribution in [2.24, 2.45) is 5.92 Å². The van der Waals surface area contributed by atoms with Gasteiger partial charge in [0.1, 0.15) is 12.0 Å². The zero-order valence-electron chi connectivity index (χ0n) is 10.8. The first kappa shape index (κ1) is 12.2. The van der Waals surface area contributed by atoms with Crippen molar-refractivity contribution in [3.8, 4) is 5.75 Å². The summed E-state index contributed by atoms with van der Waals surface area (Å²) in [6.07, 6.45) is 4.05. The van der Waals surface area contributed by atoms with Gasteiger partial charge in [-0.05, 0) is 36.8 Å². The second-order valence-electron chi connectivity index (χ2n) is 5.41. The molecular weight excluding hydrogens is 212 g/mol. The number of carbonyl (C=O) groups excluding carboxylic acids is 1. The van der Waals surface area contributed by atoms with Gasteiger partial charge < -0.3 is 9.53 Å². The van der Waals surface area contributed by atoms with Gasteiger partial charge >= 0.3 is 0 Å². The summed E-state index contributed by atoms with van der Waals surface area (Å²) < 4.78 is 5.37. The average molecular weight is 232 g/mol. The van der Waals surface area contributed by atoms with Gasteiger partial charge in [-0.25, -0.2) is 0 Å². The van der Waals surface area contributed by atoms with Crippen LogP contribution in [0.5, 0.6) is 5.75 Å². The predicted octanol–water partition coefficient (Wildman–Crippen LogP) is 3.12. The molecular formula is C15H20O2. The van der Waals surface area contributed by atoms with Gasteiger partial charge in [-0.2, -0.15) is 0 Å². The lowest BCUT2D eigenvalue weighted by Crippen LogP contribution is -2.10. The highest BCUT2D eigenvalue weighted by atomic mass is 16.5. The van der Waals surface area contributed by atoms with E-state index in [2.05, 4.69) is 26.0 Å². The fourth-order valence-electron chi connectivity index (χ4n) is 2.33. The summed E-state index contributed by atoms with van der Waals surface area (Å²) >= 11 is 0. The molecule has 92 valence electrons. The third kappa shape index (κ3) is 2.36. The molecule has 1 aliphatic carbocycles. The lowest BCUT2D eigenvalue weighted by Gasteiger charge is -2.15. The number of rotatable bonds is 5. The standard InChI is InChI=1S/C15H20O2/c1-11(2)8-12-4-5-14(17-3)13(9-12)15(10-16)6-7-15/h4-5,9-11H,6-8H2,1-3H3. The average Bonchev–Trinajstić information content (AvgIpc) is 3.09. The van der Waals surface area contributed by atoms with Gasteiger partial charge in [0.15, 0.2) is 0 Å². The van der Waals surface area contributed by atoms with Crippen molar-refractivity contribution in [1.82, 2.24) is 0 Å². The van der Waals surface area contributed by atoms with E-state index in [1.54, 1.807) is 7.11 Å². The van der Waals surface area contributed by atoms with E-state index in [9.17, 15) is 4.79 Å². The Labute approximate surface area is 103 Å². The van der Waals surface area contributed by atoms with Crippen LogP contribution in [0, 0.1) is 5.92 Å². The van der Waals surface area contributed by atoms with Gasteiger partial charge in [-0.15, -0.1) is 0 Å². The van der Waals surface area contributed by atoms with Crippen LogP contribution >= 0.6 is 0 Å². The minimum absolute atomic E-state index is 0.252. The number of hydrogen-bond donors (Lipinski definition) is 0. The van der Waals surface area contributed by atoms with Gasteiger partial charge in [-0.3, -0.25) is 0 Å². The van der Waals surface area contributed by atoms with Crippen molar-refractivity contribution in [3.63, 3.8) is 0 Å². The number of carbonyl (C=O) groups is 1. The molecule has 1 aromatic rings. The first-order valence-corrected chi connectivity index (χ1v) is 6.25. The molecule has 0 spiro atoms. The van der Waals surface area contributed by atoms with Crippen LogP contribution < -0.4 is 4.74 Å². The quantitative estimate of drug-likeness (QED) is 0.729. The van der Waals surface area contributed by atoms with Crippen LogP contribution in [-0.4, -0.2) is 13.4 Å². The van der Waals surface area contributed by atoms with Crippen molar-refractivity contribution < 1.29 is 9.53 Å². The van der Waals surface area contributed by atoms with E-state index in [0.29, 0.717) is 5.92 Å². The van der Waals surface area contributed by atoms with Crippen LogP contribution in [0.4, 0.5) is 0 Å². The molecule has 0 aromatic heterocycles. The summed E-state index contributed by atoms with van der Waals surface area (Å²) in [7, 11) is 1.67. The summed E-state index contributed by atoms with van der Waals surface area (Å²) in [5.41, 5.74) is 2.12. The number of aldehydes is 1. The fourth-order valence-corrected chi connectivity index (χ4v) is 2.33. The number of methoxy groups -OCH3 is 1. The van der Waals surface area contributed by atoms with Crippen LogP contribution in [0.1, 0.15) is 37.8 Å². The highest BCUT2D eigenvalue weighted by Crippen LogP contribution is 2.49. The fraction of sp³-hybridized carbons (Fsp3) is 0.533. The van der Waals surface area contributed by atoms with Crippen molar-refractivity contribution in [2.45, 2.75) is 38.5 Å². The highest BCUT2D eigenvalue weighted by Gasteiger charge is 2.46. The van der Waals surface area contributed by atoms with Crippen LogP contribution in [-0.2, 0) is 16.6 Å². The van der Waals surface area contributed by atoms with E-state index in [1.165, 1.54) is 5.56 Å². The Morgan fingerprint density at radius 1 is 1.41 bits per heavy atom. The van der Waals surface area contributed by atoms with Gasteiger partial charge in [0.05, 0.1) is 12.5 Å². The maximum Gasteiger partial charge on any atom is 0.130 e. The third-order valence-electron chi connectivity index (χ3n) is 3.46. The first-order valence-electron chi connectivity index (χ1n) is 6.25. The Kier molecular flexibility index (Phi) is 3.23. The van der Waals surface area contributed by atoms with Crippen LogP contribution in [0.15, 0.2) is 18.2 Å². The van der Waals surface area contributed by atoms with E-state index in [-0.39, 0.29) is 5.41 Å². The first-order chi connectivity index (χ1) is 8.11. The van der Waals surface area contributed by atoms with Crippen molar-refractivity contribution >= 4 is 6.29 Å². The molecule has 0 N–H and O–H groups in total. The number of hydrogen-bond acceptors (Lipinski definition) is 2. The molecule has 0 atom stereocenters. The molecule has 0 unspecified atom stereocenters. The molecule has 2 heteroatoms. The van der Waals surface area contributed by atoms with Gasteiger partial charge in [0.2, 0.25) is 0 Å². The SMILES string of the molecule is COc1ccc(CC(C)C)cc1C1(C=O)CC1. The predicted molar refractivity (Wildman–Crippen MR) is 68.5 cm³/mol. The molecule has 0 heterocycles. The lowest BCUT2D eigenvalue weighted by atomic mass is 9.92. The monoisotopic (exact) mass is 232 g/mol. The van der Waals surface area contributed by atoms with Crippen LogP contribution in [0.2, 0.25) is 0 Å².